The Labute approximate surface area is 84.5 Å². The van der Waals surface area contributed by atoms with Crippen molar-refractivity contribution in [2.24, 2.45) is 0 Å². The highest BCUT2D eigenvalue weighted by atomic mass is 79.9. The van der Waals surface area contributed by atoms with E-state index < -0.39 is 0 Å². The predicted octanol–water partition coefficient (Wildman–Crippen LogP) is 1.54. The van der Waals surface area contributed by atoms with Crippen molar-refractivity contribution in [2.45, 2.75) is 19.1 Å². The van der Waals surface area contributed by atoms with Crippen LogP contribution in [0.4, 0.5) is 0 Å². The summed E-state index contributed by atoms with van der Waals surface area (Å²) in [6.07, 6.45) is 3.52. The standard InChI is InChI=1S/C9H9BrO3/c1-2-12-9(11)7-5-3-4-6(13-5)8(7)10/h3-6H,2H2,1H3. The van der Waals surface area contributed by atoms with Crippen LogP contribution in [0.15, 0.2) is 22.2 Å². The van der Waals surface area contributed by atoms with Gasteiger partial charge in [0.25, 0.3) is 0 Å². The fourth-order valence-electron chi connectivity index (χ4n) is 1.47. The van der Waals surface area contributed by atoms with Crippen molar-refractivity contribution in [1.82, 2.24) is 0 Å². The monoisotopic (exact) mass is 244 g/mol. The summed E-state index contributed by atoms with van der Waals surface area (Å²) in [6.45, 7) is 2.18. The maximum absolute atomic E-state index is 11.4. The van der Waals surface area contributed by atoms with Crippen molar-refractivity contribution in [3.8, 4) is 0 Å². The number of esters is 1. The van der Waals surface area contributed by atoms with E-state index in [0.717, 1.165) is 4.48 Å². The van der Waals surface area contributed by atoms with Crippen LogP contribution in [-0.2, 0) is 14.3 Å². The van der Waals surface area contributed by atoms with Crippen LogP contribution in [0.25, 0.3) is 0 Å². The molecule has 0 fully saturated rings. The lowest BCUT2D eigenvalue weighted by Gasteiger charge is -2.07. The molecule has 0 amide bonds. The molecule has 70 valence electrons. The van der Waals surface area contributed by atoms with E-state index in [1.807, 2.05) is 12.2 Å². The number of ether oxygens (including phenoxy) is 2. The first-order valence-corrected chi connectivity index (χ1v) is 4.93. The molecule has 4 heteroatoms. The van der Waals surface area contributed by atoms with Crippen molar-refractivity contribution in [2.75, 3.05) is 6.61 Å². The lowest BCUT2D eigenvalue weighted by atomic mass is 10.1. The molecular formula is C9H9BrO3. The Kier molecular flexibility index (Phi) is 2.26. The second-order valence-corrected chi connectivity index (χ2v) is 3.70. The summed E-state index contributed by atoms with van der Waals surface area (Å²) in [6, 6.07) is 0. The minimum absolute atomic E-state index is 0.0793. The summed E-state index contributed by atoms with van der Waals surface area (Å²) in [4.78, 5) is 11.4. The number of rotatable bonds is 2. The summed E-state index contributed by atoms with van der Waals surface area (Å²) in [5.41, 5.74) is 0.606. The van der Waals surface area contributed by atoms with E-state index in [1.54, 1.807) is 6.92 Å². The third-order valence-corrected chi connectivity index (χ3v) is 2.92. The quantitative estimate of drug-likeness (QED) is 0.546. The van der Waals surface area contributed by atoms with Gasteiger partial charge >= 0.3 is 5.97 Å². The molecule has 0 spiro atoms. The highest BCUT2D eigenvalue weighted by Gasteiger charge is 2.39. The number of hydrogen-bond acceptors (Lipinski definition) is 3. The minimum Gasteiger partial charge on any atom is -0.463 e. The van der Waals surface area contributed by atoms with Crippen LogP contribution in [0.1, 0.15) is 6.92 Å². The summed E-state index contributed by atoms with van der Waals surface area (Å²) < 4.78 is 11.1. The van der Waals surface area contributed by atoms with Crippen LogP contribution >= 0.6 is 15.9 Å². The van der Waals surface area contributed by atoms with Crippen molar-refractivity contribution >= 4 is 21.9 Å². The first-order chi connectivity index (χ1) is 6.24. The molecule has 0 radical (unpaired) electrons. The molecular weight excluding hydrogens is 236 g/mol. The Morgan fingerprint density at radius 2 is 2.31 bits per heavy atom. The molecule has 13 heavy (non-hydrogen) atoms. The molecule has 0 aliphatic carbocycles. The highest BCUT2D eigenvalue weighted by molar-refractivity contribution is 9.11. The Hall–Kier alpha value is -0.610. The second kappa shape index (κ2) is 3.27. The number of halogens is 1. The molecule has 0 N–H and O–H groups in total. The molecule has 3 nitrogen and oxygen atoms in total. The van der Waals surface area contributed by atoms with Gasteiger partial charge in [-0.05, 0) is 6.92 Å². The molecule has 0 aromatic carbocycles. The normalized spacial score (nSPS) is 30.0. The van der Waals surface area contributed by atoms with E-state index in [-0.39, 0.29) is 18.2 Å². The molecule has 2 bridgehead atoms. The van der Waals surface area contributed by atoms with Gasteiger partial charge in [-0.3, -0.25) is 0 Å². The number of fused-ring (bicyclic) bond motifs is 2. The Morgan fingerprint density at radius 3 is 2.85 bits per heavy atom. The second-order valence-electron chi connectivity index (χ2n) is 2.84. The van der Waals surface area contributed by atoms with Gasteiger partial charge in [-0.15, -0.1) is 0 Å². The Morgan fingerprint density at radius 1 is 1.62 bits per heavy atom. The zero-order chi connectivity index (χ0) is 9.42. The predicted molar refractivity (Wildman–Crippen MR) is 50.4 cm³/mol. The SMILES string of the molecule is CCOC(=O)C1=C(Br)C2C=CC1O2. The van der Waals surface area contributed by atoms with Crippen LogP contribution in [-0.4, -0.2) is 24.8 Å². The van der Waals surface area contributed by atoms with E-state index >= 15 is 0 Å². The summed E-state index contributed by atoms with van der Waals surface area (Å²) in [5.74, 6) is -0.286. The van der Waals surface area contributed by atoms with Crippen molar-refractivity contribution in [3.05, 3.63) is 22.2 Å². The molecule has 2 unspecified atom stereocenters. The largest absolute Gasteiger partial charge is 0.463 e. The van der Waals surface area contributed by atoms with Gasteiger partial charge < -0.3 is 9.47 Å². The van der Waals surface area contributed by atoms with E-state index in [1.165, 1.54) is 0 Å². The fraction of sp³-hybridized carbons (Fsp3) is 0.444. The number of hydrogen-bond donors (Lipinski definition) is 0. The molecule has 2 aliphatic heterocycles. The van der Waals surface area contributed by atoms with E-state index in [4.69, 9.17) is 9.47 Å². The van der Waals surface area contributed by atoms with Crippen LogP contribution in [0.3, 0.4) is 0 Å². The minimum atomic E-state index is -0.286. The van der Waals surface area contributed by atoms with E-state index in [9.17, 15) is 4.79 Å². The summed E-state index contributed by atoms with van der Waals surface area (Å²) in [7, 11) is 0. The van der Waals surface area contributed by atoms with Crippen LogP contribution in [0.2, 0.25) is 0 Å². The smallest absolute Gasteiger partial charge is 0.337 e. The van der Waals surface area contributed by atoms with E-state index in [0.29, 0.717) is 12.2 Å². The lowest BCUT2D eigenvalue weighted by molar-refractivity contribution is -0.139. The maximum Gasteiger partial charge on any atom is 0.337 e. The third-order valence-electron chi connectivity index (χ3n) is 2.04. The Bertz CT molecular complexity index is 306. The first-order valence-electron chi connectivity index (χ1n) is 4.14. The molecule has 0 saturated carbocycles. The van der Waals surface area contributed by atoms with E-state index in [2.05, 4.69) is 15.9 Å². The van der Waals surface area contributed by atoms with Crippen molar-refractivity contribution < 1.29 is 14.3 Å². The zero-order valence-electron chi connectivity index (χ0n) is 7.12. The number of carbonyl (C=O) groups is 1. The van der Waals surface area contributed by atoms with Gasteiger partial charge in [-0.1, -0.05) is 28.1 Å². The lowest BCUT2D eigenvalue weighted by Crippen LogP contribution is -2.16. The average molecular weight is 245 g/mol. The third kappa shape index (κ3) is 1.34. The van der Waals surface area contributed by atoms with Gasteiger partial charge in [-0.25, -0.2) is 4.79 Å². The molecule has 2 aliphatic rings. The first kappa shape index (κ1) is 8.97. The van der Waals surface area contributed by atoms with Crippen LogP contribution in [0, 0.1) is 0 Å². The van der Waals surface area contributed by atoms with Crippen LogP contribution < -0.4 is 0 Å². The molecule has 0 saturated heterocycles. The fourth-order valence-corrected chi connectivity index (χ4v) is 2.12. The van der Waals surface area contributed by atoms with Gasteiger partial charge in [0.15, 0.2) is 0 Å². The summed E-state index contributed by atoms with van der Waals surface area (Å²) >= 11 is 3.33. The topological polar surface area (TPSA) is 35.5 Å². The summed E-state index contributed by atoms with van der Waals surface area (Å²) in [5, 5.41) is 0. The Balaban J connectivity index is 2.20. The molecule has 2 heterocycles. The molecule has 2 atom stereocenters. The molecule has 0 aromatic heterocycles. The zero-order valence-corrected chi connectivity index (χ0v) is 8.71. The molecule has 2 rings (SSSR count). The molecule has 0 aromatic rings. The maximum atomic E-state index is 11.4. The van der Waals surface area contributed by atoms with Gasteiger partial charge in [0, 0.05) is 4.48 Å². The van der Waals surface area contributed by atoms with Gasteiger partial charge in [0.05, 0.1) is 12.2 Å². The highest BCUT2D eigenvalue weighted by Crippen LogP contribution is 2.38. The van der Waals surface area contributed by atoms with Crippen molar-refractivity contribution in [3.63, 3.8) is 0 Å². The van der Waals surface area contributed by atoms with Crippen molar-refractivity contribution in [1.29, 1.82) is 0 Å². The average Bonchev–Trinajstić information content (AvgIpc) is 2.63. The van der Waals surface area contributed by atoms with Gasteiger partial charge in [0.1, 0.15) is 12.2 Å². The number of carbonyl (C=O) groups excluding carboxylic acids is 1. The van der Waals surface area contributed by atoms with Gasteiger partial charge in [-0.2, -0.15) is 0 Å². The van der Waals surface area contributed by atoms with Crippen LogP contribution in [0.5, 0.6) is 0 Å². The van der Waals surface area contributed by atoms with Gasteiger partial charge in [0.2, 0.25) is 0 Å².